The van der Waals surface area contributed by atoms with Crippen LogP contribution in [0.4, 0.5) is 0 Å². The summed E-state index contributed by atoms with van der Waals surface area (Å²) in [6, 6.07) is 0. The van der Waals surface area contributed by atoms with Gasteiger partial charge in [-0.25, -0.2) is 4.98 Å². The smallest absolute Gasteiger partial charge is 0.165 e. The summed E-state index contributed by atoms with van der Waals surface area (Å²) in [6.07, 6.45) is 0. The van der Waals surface area contributed by atoms with Crippen LogP contribution >= 0.6 is 11.6 Å². The SMILES string of the molecule is CCn1nc(CCl)nc1C. The quantitative estimate of drug-likeness (QED) is 0.610. The van der Waals surface area contributed by atoms with Crippen LogP contribution in [-0.2, 0) is 12.4 Å². The summed E-state index contributed by atoms with van der Waals surface area (Å²) in [5.74, 6) is 2.03. The normalized spacial score (nSPS) is 10.3. The zero-order chi connectivity index (χ0) is 7.56. The first-order valence-corrected chi connectivity index (χ1v) is 3.77. The molecule has 1 aromatic rings. The number of aryl methyl sites for hydroxylation is 2. The molecule has 1 aromatic heterocycles. The van der Waals surface area contributed by atoms with E-state index in [2.05, 4.69) is 10.1 Å². The molecule has 0 aliphatic carbocycles. The highest BCUT2D eigenvalue weighted by molar-refractivity contribution is 6.16. The maximum atomic E-state index is 5.53. The molecule has 0 aliphatic rings. The van der Waals surface area contributed by atoms with E-state index >= 15 is 0 Å². The number of rotatable bonds is 2. The average Bonchev–Trinajstić information content (AvgIpc) is 2.30. The summed E-state index contributed by atoms with van der Waals surface area (Å²) in [4.78, 5) is 4.12. The van der Waals surface area contributed by atoms with Crippen LogP contribution in [0.5, 0.6) is 0 Å². The molecule has 0 amide bonds. The number of halogens is 1. The molecule has 1 rings (SSSR count). The van der Waals surface area contributed by atoms with Gasteiger partial charge < -0.3 is 0 Å². The van der Waals surface area contributed by atoms with Crippen molar-refractivity contribution in [2.45, 2.75) is 26.3 Å². The minimum Gasteiger partial charge on any atom is -0.250 e. The molecular weight excluding hydrogens is 150 g/mol. The van der Waals surface area contributed by atoms with Crippen molar-refractivity contribution in [3.8, 4) is 0 Å². The Labute approximate surface area is 65.0 Å². The Bertz CT molecular complexity index is 219. The topological polar surface area (TPSA) is 30.7 Å². The van der Waals surface area contributed by atoms with Crippen LogP contribution in [0.25, 0.3) is 0 Å². The van der Waals surface area contributed by atoms with Gasteiger partial charge in [-0.05, 0) is 13.8 Å². The minimum atomic E-state index is 0.397. The van der Waals surface area contributed by atoms with Gasteiger partial charge in [0.15, 0.2) is 5.82 Å². The molecule has 0 aliphatic heterocycles. The second kappa shape index (κ2) is 3.01. The van der Waals surface area contributed by atoms with Crippen LogP contribution in [-0.4, -0.2) is 14.8 Å². The van der Waals surface area contributed by atoms with Crippen molar-refractivity contribution in [1.82, 2.24) is 14.8 Å². The average molecular weight is 160 g/mol. The van der Waals surface area contributed by atoms with Gasteiger partial charge in [-0.15, -0.1) is 11.6 Å². The Kier molecular flexibility index (Phi) is 2.27. The van der Waals surface area contributed by atoms with Gasteiger partial charge in [0.05, 0.1) is 5.88 Å². The van der Waals surface area contributed by atoms with E-state index in [1.165, 1.54) is 0 Å². The largest absolute Gasteiger partial charge is 0.250 e. The van der Waals surface area contributed by atoms with Crippen molar-refractivity contribution < 1.29 is 0 Å². The van der Waals surface area contributed by atoms with Crippen LogP contribution in [0.3, 0.4) is 0 Å². The predicted octanol–water partition coefficient (Wildman–Crippen LogP) is 1.35. The zero-order valence-electron chi connectivity index (χ0n) is 6.13. The third kappa shape index (κ3) is 1.29. The van der Waals surface area contributed by atoms with Gasteiger partial charge in [-0.3, -0.25) is 4.68 Å². The summed E-state index contributed by atoms with van der Waals surface area (Å²) in [7, 11) is 0. The second-order valence-corrected chi connectivity index (χ2v) is 2.29. The van der Waals surface area contributed by atoms with E-state index in [9.17, 15) is 0 Å². The highest BCUT2D eigenvalue weighted by Crippen LogP contribution is 1.99. The summed E-state index contributed by atoms with van der Waals surface area (Å²) in [5.41, 5.74) is 0. The summed E-state index contributed by atoms with van der Waals surface area (Å²) < 4.78 is 1.83. The van der Waals surface area contributed by atoms with Gasteiger partial charge in [0, 0.05) is 6.54 Å². The standard InChI is InChI=1S/C6H10ClN3/c1-3-10-5(2)8-6(4-7)9-10/h3-4H2,1-2H3. The second-order valence-electron chi connectivity index (χ2n) is 2.02. The van der Waals surface area contributed by atoms with Crippen LogP contribution in [0.15, 0.2) is 0 Å². The molecule has 0 radical (unpaired) electrons. The fourth-order valence-electron chi connectivity index (χ4n) is 0.835. The molecule has 4 heteroatoms. The molecule has 3 nitrogen and oxygen atoms in total. The molecule has 1 heterocycles. The fraction of sp³-hybridized carbons (Fsp3) is 0.667. The first kappa shape index (κ1) is 7.54. The van der Waals surface area contributed by atoms with Gasteiger partial charge in [-0.2, -0.15) is 5.10 Å². The lowest BCUT2D eigenvalue weighted by Crippen LogP contribution is -1.98. The van der Waals surface area contributed by atoms with Gasteiger partial charge in [0.25, 0.3) is 0 Å². The van der Waals surface area contributed by atoms with Crippen LogP contribution in [0.2, 0.25) is 0 Å². The van der Waals surface area contributed by atoms with Gasteiger partial charge in [0.1, 0.15) is 5.82 Å². The van der Waals surface area contributed by atoms with Crippen molar-refractivity contribution in [2.24, 2.45) is 0 Å². The predicted molar refractivity (Wildman–Crippen MR) is 40.0 cm³/mol. The Morgan fingerprint density at radius 2 is 2.30 bits per heavy atom. The number of nitrogens with zero attached hydrogens (tertiary/aromatic N) is 3. The van der Waals surface area contributed by atoms with Crippen molar-refractivity contribution in [1.29, 1.82) is 0 Å². The third-order valence-corrected chi connectivity index (χ3v) is 1.56. The lowest BCUT2D eigenvalue weighted by atomic mass is 10.6. The van der Waals surface area contributed by atoms with E-state index in [0.717, 1.165) is 12.4 Å². The molecule has 0 fully saturated rings. The lowest BCUT2D eigenvalue weighted by molar-refractivity contribution is 0.631. The molecule has 0 unspecified atom stereocenters. The molecule has 56 valence electrons. The number of aromatic nitrogens is 3. The maximum Gasteiger partial charge on any atom is 0.165 e. The number of hydrogen-bond acceptors (Lipinski definition) is 2. The highest BCUT2D eigenvalue weighted by Gasteiger charge is 2.01. The van der Waals surface area contributed by atoms with Crippen molar-refractivity contribution in [3.05, 3.63) is 11.6 Å². The molecule has 0 saturated heterocycles. The fourth-order valence-corrected chi connectivity index (χ4v) is 0.948. The molecule has 0 aromatic carbocycles. The Balaban J connectivity index is 2.92. The van der Waals surface area contributed by atoms with E-state index in [-0.39, 0.29) is 0 Å². The maximum absolute atomic E-state index is 5.53. The first-order valence-electron chi connectivity index (χ1n) is 3.24. The van der Waals surface area contributed by atoms with E-state index < -0.39 is 0 Å². The zero-order valence-corrected chi connectivity index (χ0v) is 6.89. The Hall–Kier alpha value is -0.570. The highest BCUT2D eigenvalue weighted by atomic mass is 35.5. The van der Waals surface area contributed by atoms with E-state index in [0.29, 0.717) is 11.7 Å². The van der Waals surface area contributed by atoms with Crippen LogP contribution in [0, 0.1) is 6.92 Å². The molecular formula is C6H10ClN3. The third-order valence-electron chi connectivity index (χ3n) is 1.32. The summed E-state index contributed by atoms with van der Waals surface area (Å²) >= 11 is 5.53. The number of alkyl halides is 1. The minimum absolute atomic E-state index is 0.397. The molecule has 0 atom stereocenters. The Morgan fingerprint density at radius 3 is 2.60 bits per heavy atom. The van der Waals surface area contributed by atoms with Crippen molar-refractivity contribution >= 4 is 11.6 Å². The van der Waals surface area contributed by atoms with Crippen LogP contribution in [0.1, 0.15) is 18.6 Å². The van der Waals surface area contributed by atoms with Gasteiger partial charge in [-0.1, -0.05) is 0 Å². The molecule has 0 N–H and O–H groups in total. The van der Waals surface area contributed by atoms with E-state index in [1.807, 2.05) is 18.5 Å². The molecule has 10 heavy (non-hydrogen) atoms. The first-order chi connectivity index (χ1) is 4.77. The number of hydrogen-bond donors (Lipinski definition) is 0. The lowest BCUT2D eigenvalue weighted by Gasteiger charge is -1.93. The summed E-state index contributed by atoms with van der Waals surface area (Å²) in [5, 5.41) is 4.12. The van der Waals surface area contributed by atoms with E-state index in [4.69, 9.17) is 11.6 Å². The van der Waals surface area contributed by atoms with Crippen molar-refractivity contribution in [3.63, 3.8) is 0 Å². The molecule has 0 bridgehead atoms. The molecule has 0 spiro atoms. The van der Waals surface area contributed by atoms with Crippen LogP contribution < -0.4 is 0 Å². The van der Waals surface area contributed by atoms with Crippen molar-refractivity contribution in [2.75, 3.05) is 0 Å². The monoisotopic (exact) mass is 159 g/mol. The van der Waals surface area contributed by atoms with Gasteiger partial charge in [0.2, 0.25) is 0 Å². The Morgan fingerprint density at radius 1 is 1.60 bits per heavy atom. The summed E-state index contributed by atoms with van der Waals surface area (Å²) in [6.45, 7) is 4.81. The van der Waals surface area contributed by atoms with E-state index in [1.54, 1.807) is 0 Å². The van der Waals surface area contributed by atoms with Gasteiger partial charge >= 0.3 is 0 Å². The molecule has 0 saturated carbocycles.